The second-order valence-corrected chi connectivity index (χ2v) is 6.53. The predicted molar refractivity (Wildman–Crippen MR) is 104 cm³/mol. The van der Waals surface area contributed by atoms with Crippen molar-refractivity contribution in [3.05, 3.63) is 36.0 Å². The van der Waals surface area contributed by atoms with Gasteiger partial charge in [0.1, 0.15) is 5.82 Å². The molecule has 28 heavy (non-hydrogen) atoms. The van der Waals surface area contributed by atoms with Gasteiger partial charge in [0.2, 0.25) is 5.91 Å². The van der Waals surface area contributed by atoms with Crippen LogP contribution in [0.25, 0.3) is 0 Å². The minimum Gasteiger partial charge on any atom is -0.493 e. The molecule has 1 aliphatic rings. The van der Waals surface area contributed by atoms with E-state index < -0.39 is 0 Å². The van der Waals surface area contributed by atoms with Gasteiger partial charge in [-0.1, -0.05) is 12.1 Å². The summed E-state index contributed by atoms with van der Waals surface area (Å²) in [6, 6.07) is 7.43. The van der Waals surface area contributed by atoms with Gasteiger partial charge < -0.3 is 24.3 Å². The van der Waals surface area contributed by atoms with E-state index in [4.69, 9.17) is 18.9 Å². The number of benzene rings is 1. The predicted octanol–water partition coefficient (Wildman–Crippen LogP) is 2.47. The smallest absolute Gasteiger partial charge is 0.227 e. The number of anilines is 1. The molecule has 3 rings (SSSR count). The molecule has 1 N–H and O–H groups in total. The Labute approximate surface area is 164 Å². The highest BCUT2D eigenvalue weighted by Crippen LogP contribution is 2.31. The van der Waals surface area contributed by atoms with Crippen molar-refractivity contribution in [2.75, 3.05) is 39.4 Å². The largest absolute Gasteiger partial charge is 0.493 e. The highest BCUT2D eigenvalue weighted by atomic mass is 16.5. The van der Waals surface area contributed by atoms with Crippen LogP contribution < -0.4 is 14.8 Å². The molecule has 1 aromatic carbocycles. The number of aromatic nitrogens is 2. The summed E-state index contributed by atoms with van der Waals surface area (Å²) in [7, 11) is 3.20. The molecule has 2 heterocycles. The van der Waals surface area contributed by atoms with Crippen LogP contribution in [0.2, 0.25) is 0 Å². The Bertz CT molecular complexity index is 771. The number of hydrogen-bond donors (Lipinski definition) is 1. The molecule has 2 aromatic rings. The van der Waals surface area contributed by atoms with Gasteiger partial charge in [0.05, 0.1) is 52.7 Å². The van der Waals surface area contributed by atoms with Crippen LogP contribution in [-0.4, -0.2) is 55.8 Å². The average Bonchev–Trinajstić information content (AvgIpc) is 3.37. The van der Waals surface area contributed by atoms with E-state index in [-0.39, 0.29) is 18.4 Å². The molecule has 152 valence electrons. The van der Waals surface area contributed by atoms with E-state index in [0.717, 1.165) is 25.0 Å². The fraction of sp³-hybridized carbons (Fsp3) is 0.500. The van der Waals surface area contributed by atoms with Crippen LogP contribution in [0.4, 0.5) is 5.82 Å². The zero-order chi connectivity index (χ0) is 19.8. The van der Waals surface area contributed by atoms with Crippen LogP contribution in [0.15, 0.2) is 30.5 Å². The Kier molecular flexibility index (Phi) is 7.27. The molecule has 8 heteroatoms. The third-order valence-electron chi connectivity index (χ3n) is 4.59. The Morgan fingerprint density at radius 2 is 2.21 bits per heavy atom. The van der Waals surface area contributed by atoms with E-state index in [2.05, 4.69) is 10.4 Å². The number of rotatable bonds is 10. The Hall–Kier alpha value is -2.58. The molecule has 0 aliphatic carbocycles. The molecular formula is C20H27N3O5. The number of hydrogen-bond acceptors (Lipinski definition) is 6. The summed E-state index contributed by atoms with van der Waals surface area (Å²) in [5.74, 6) is 1.81. The summed E-state index contributed by atoms with van der Waals surface area (Å²) in [6.07, 6.45) is 4.20. The van der Waals surface area contributed by atoms with Crippen LogP contribution in [0.3, 0.4) is 0 Å². The lowest BCUT2D eigenvalue weighted by Gasteiger charge is -2.14. The fourth-order valence-electron chi connectivity index (χ4n) is 3.17. The quantitative estimate of drug-likeness (QED) is 0.629. The zero-order valence-electron chi connectivity index (χ0n) is 16.3. The fourth-order valence-corrected chi connectivity index (χ4v) is 3.17. The maximum atomic E-state index is 12.2. The van der Waals surface area contributed by atoms with Crippen molar-refractivity contribution in [2.45, 2.75) is 31.9 Å². The number of nitrogens with zero attached hydrogens (tertiary/aromatic N) is 2. The van der Waals surface area contributed by atoms with Crippen molar-refractivity contribution in [1.82, 2.24) is 9.78 Å². The van der Waals surface area contributed by atoms with Crippen molar-refractivity contribution in [3.8, 4) is 11.5 Å². The second kappa shape index (κ2) is 10.1. The highest BCUT2D eigenvalue weighted by molar-refractivity contribution is 5.89. The van der Waals surface area contributed by atoms with Gasteiger partial charge >= 0.3 is 0 Å². The van der Waals surface area contributed by atoms with Gasteiger partial charge in [-0.05, 0) is 18.9 Å². The lowest BCUT2D eigenvalue weighted by molar-refractivity contribution is -0.117. The van der Waals surface area contributed by atoms with E-state index >= 15 is 0 Å². The van der Waals surface area contributed by atoms with Crippen LogP contribution >= 0.6 is 0 Å². The monoisotopic (exact) mass is 389 g/mol. The maximum absolute atomic E-state index is 12.2. The van der Waals surface area contributed by atoms with Crippen molar-refractivity contribution >= 4 is 11.7 Å². The SMILES string of the molecule is COc1cccc(Cn2nccc2NC(=O)CCOCC2CCCO2)c1OC. The summed E-state index contributed by atoms with van der Waals surface area (Å²) in [4.78, 5) is 12.2. The topological polar surface area (TPSA) is 83.8 Å². The molecule has 0 radical (unpaired) electrons. The molecule has 0 bridgehead atoms. The van der Waals surface area contributed by atoms with Gasteiger partial charge in [-0.2, -0.15) is 5.10 Å². The lowest BCUT2D eigenvalue weighted by Crippen LogP contribution is -2.20. The average molecular weight is 389 g/mol. The first kappa shape index (κ1) is 20.2. The molecular weight excluding hydrogens is 362 g/mol. The number of methoxy groups -OCH3 is 2. The summed E-state index contributed by atoms with van der Waals surface area (Å²) in [5, 5.41) is 7.19. The van der Waals surface area contributed by atoms with Gasteiger partial charge in [-0.25, -0.2) is 4.68 Å². The normalized spacial score (nSPS) is 16.1. The van der Waals surface area contributed by atoms with E-state index in [9.17, 15) is 4.79 Å². The van der Waals surface area contributed by atoms with Gasteiger partial charge in [-0.15, -0.1) is 0 Å². The highest BCUT2D eigenvalue weighted by Gasteiger charge is 2.16. The van der Waals surface area contributed by atoms with Crippen molar-refractivity contribution in [3.63, 3.8) is 0 Å². The van der Waals surface area contributed by atoms with Crippen molar-refractivity contribution < 1.29 is 23.7 Å². The minimum atomic E-state index is -0.119. The summed E-state index contributed by atoms with van der Waals surface area (Å²) in [5.41, 5.74) is 0.904. The molecule has 1 atom stereocenters. The van der Waals surface area contributed by atoms with E-state index in [1.165, 1.54) is 0 Å². The molecule has 1 amide bonds. The first-order valence-electron chi connectivity index (χ1n) is 9.42. The minimum absolute atomic E-state index is 0.119. The number of amides is 1. The lowest BCUT2D eigenvalue weighted by atomic mass is 10.2. The number of ether oxygens (including phenoxy) is 4. The number of carbonyl (C=O) groups excluding carboxylic acids is 1. The van der Waals surface area contributed by atoms with E-state index in [1.807, 2.05) is 18.2 Å². The number of nitrogens with one attached hydrogen (secondary N) is 1. The van der Waals surface area contributed by atoms with Gasteiger partial charge in [0, 0.05) is 18.2 Å². The molecule has 8 nitrogen and oxygen atoms in total. The zero-order valence-corrected chi connectivity index (χ0v) is 16.3. The molecule has 1 fully saturated rings. The molecule has 1 unspecified atom stereocenters. The van der Waals surface area contributed by atoms with Gasteiger partial charge in [0.15, 0.2) is 11.5 Å². The van der Waals surface area contributed by atoms with E-state index in [1.54, 1.807) is 31.2 Å². The van der Waals surface area contributed by atoms with Crippen molar-refractivity contribution in [2.24, 2.45) is 0 Å². The molecule has 1 aromatic heterocycles. The molecule has 0 spiro atoms. The summed E-state index contributed by atoms with van der Waals surface area (Å²) >= 11 is 0. The Morgan fingerprint density at radius 1 is 1.32 bits per heavy atom. The van der Waals surface area contributed by atoms with E-state index in [0.29, 0.717) is 37.1 Å². The third kappa shape index (κ3) is 5.24. The Morgan fingerprint density at radius 3 is 2.96 bits per heavy atom. The molecule has 1 aliphatic heterocycles. The van der Waals surface area contributed by atoms with Crippen LogP contribution in [0, 0.1) is 0 Å². The summed E-state index contributed by atoms with van der Waals surface area (Å²) in [6.45, 7) is 2.15. The number of carbonyl (C=O) groups is 1. The van der Waals surface area contributed by atoms with Crippen LogP contribution in [0.1, 0.15) is 24.8 Å². The summed E-state index contributed by atoms with van der Waals surface area (Å²) < 4.78 is 23.6. The van der Waals surface area contributed by atoms with Crippen LogP contribution in [-0.2, 0) is 20.8 Å². The Balaban J connectivity index is 1.53. The third-order valence-corrected chi connectivity index (χ3v) is 4.59. The van der Waals surface area contributed by atoms with Gasteiger partial charge in [-0.3, -0.25) is 4.79 Å². The first-order chi connectivity index (χ1) is 13.7. The maximum Gasteiger partial charge on any atom is 0.227 e. The first-order valence-corrected chi connectivity index (χ1v) is 9.42. The van der Waals surface area contributed by atoms with Crippen molar-refractivity contribution in [1.29, 1.82) is 0 Å². The van der Waals surface area contributed by atoms with Gasteiger partial charge in [0.25, 0.3) is 0 Å². The molecule has 0 saturated carbocycles. The molecule has 1 saturated heterocycles. The number of para-hydroxylation sites is 1. The second-order valence-electron chi connectivity index (χ2n) is 6.53. The standard InChI is InChI=1S/C20H27N3O5/c1-25-17-7-3-5-15(20(17)26-2)13-23-18(8-10-21-23)22-19(24)9-12-27-14-16-6-4-11-28-16/h3,5,7-8,10,16H,4,6,9,11-14H2,1-2H3,(H,22,24). The van der Waals surface area contributed by atoms with Crippen LogP contribution in [0.5, 0.6) is 11.5 Å².